The smallest absolute Gasteiger partial charge is 0.254 e. The number of carbonyl (C=O) groups excluding carboxylic acids is 2. The van der Waals surface area contributed by atoms with Gasteiger partial charge in [0, 0.05) is 42.5 Å². The summed E-state index contributed by atoms with van der Waals surface area (Å²) in [5.74, 6) is 0.150. The lowest BCUT2D eigenvalue weighted by Crippen LogP contribution is -2.34. The van der Waals surface area contributed by atoms with Crippen LogP contribution in [0.2, 0.25) is 0 Å². The van der Waals surface area contributed by atoms with Crippen molar-refractivity contribution in [3.63, 3.8) is 0 Å². The second-order valence-corrected chi connectivity index (χ2v) is 7.58. The average Bonchev–Trinajstić information content (AvgIpc) is 3.36. The summed E-state index contributed by atoms with van der Waals surface area (Å²) in [5.41, 5.74) is 1.98. The number of anilines is 1. The molecule has 126 valence electrons. The lowest BCUT2D eigenvalue weighted by molar-refractivity contribution is -0.117. The fourth-order valence-corrected chi connectivity index (χ4v) is 4.43. The molecule has 2 fully saturated rings. The molecule has 1 aromatic carbocycles. The molecular formula is C19H17N3O2S. The molecule has 6 heteroatoms. The van der Waals surface area contributed by atoms with Gasteiger partial charge in [0.25, 0.3) is 5.91 Å². The van der Waals surface area contributed by atoms with E-state index < -0.39 is 0 Å². The molecule has 25 heavy (non-hydrogen) atoms. The predicted octanol–water partition coefficient (Wildman–Crippen LogP) is 2.89. The highest BCUT2D eigenvalue weighted by Gasteiger charge is 2.48. The number of benzene rings is 1. The largest absolute Gasteiger partial charge is 0.338 e. The first kappa shape index (κ1) is 15.9. The van der Waals surface area contributed by atoms with Crippen LogP contribution in [0.15, 0.2) is 41.1 Å². The Hall–Kier alpha value is -2.65. The third kappa shape index (κ3) is 2.81. The molecule has 0 unspecified atom stereocenters. The second-order valence-electron chi connectivity index (χ2n) is 6.80. The zero-order valence-corrected chi connectivity index (χ0v) is 14.5. The molecule has 1 aromatic heterocycles. The van der Waals surface area contributed by atoms with Crippen LogP contribution in [0.3, 0.4) is 0 Å². The lowest BCUT2D eigenvalue weighted by atomic mass is 9.86. The normalized spacial score (nSPS) is 22.6. The second kappa shape index (κ2) is 6.01. The van der Waals surface area contributed by atoms with E-state index in [1.54, 1.807) is 17.0 Å². The van der Waals surface area contributed by atoms with Crippen LogP contribution < -0.4 is 4.90 Å². The molecule has 0 N–H and O–H groups in total. The lowest BCUT2D eigenvalue weighted by Gasteiger charge is -2.24. The van der Waals surface area contributed by atoms with E-state index in [1.807, 2.05) is 33.9 Å². The van der Waals surface area contributed by atoms with E-state index in [0.29, 0.717) is 31.6 Å². The molecule has 0 aliphatic carbocycles. The number of hydrogen-bond acceptors (Lipinski definition) is 4. The molecule has 2 aromatic rings. The number of amides is 2. The number of thiophene rings is 1. The van der Waals surface area contributed by atoms with Crippen LogP contribution in [0.1, 0.15) is 28.8 Å². The highest BCUT2D eigenvalue weighted by Crippen LogP contribution is 2.42. The Kier molecular flexibility index (Phi) is 3.81. The van der Waals surface area contributed by atoms with Gasteiger partial charge >= 0.3 is 0 Å². The Morgan fingerprint density at radius 1 is 1.20 bits per heavy atom. The number of nitriles is 1. The van der Waals surface area contributed by atoms with Crippen molar-refractivity contribution in [3.8, 4) is 6.07 Å². The van der Waals surface area contributed by atoms with Crippen LogP contribution in [0.5, 0.6) is 0 Å². The van der Waals surface area contributed by atoms with Crippen LogP contribution in [0.4, 0.5) is 5.69 Å². The molecule has 0 bridgehead atoms. The highest BCUT2D eigenvalue weighted by molar-refractivity contribution is 7.08. The molecule has 2 aliphatic heterocycles. The van der Waals surface area contributed by atoms with Crippen LogP contribution in [0, 0.1) is 16.7 Å². The fourth-order valence-electron chi connectivity index (χ4n) is 3.80. The summed E-state index contributed by atoms with van der Waals surface area (Å²) in [7, 11) is 0. The van der Waals surface area contributed by atoms with Crippen molar-refractivity contribution < 1.29 is 9.59 Å². The van der Waals surface area contributed by atoms with Crippen molar-refractivity contribution in [2.24, 2.45) is 5.41 Å². The molecule has 2 aliphatic rings. The summed E-state index contributed by atoms with van der Waals surface area (Å²) in [6.45, 7) is 1.95. The van der Waals surface area contributed by atoms with Gasteiger partial charge in [-0.15, -0.1) is 0 Å². The molecule has 5 nitrogen and oxygen atoms in total. The third-order valence-corrected chi connectivity index (χ3v) is 5.81. The average molecular weight is 351 g/mol. The fraction of sp³-hybridized carbons (Fsp3) is 0.316. The molecule has 0 saturated carbocycles. The quantitative estimate of drug-likeness (QED) is 0.836. The first-order chi connectivity index (χ1) is 12.1. The van der Waals surface area contributed by atoms with Gasteiger partial charge in [0.1, 0.15) is 0 Å². The molecule has 1 spiro atoms. The molecular weight excluding hydrogens is 334 g/mol. The maximum Gasteiger partial charge on any atom is 0.254 e. The maximum atomic E-state index is 12.6. The van der Waals surface area contributed by atoms with Gasteiger partial charge in [-0.05, 0) is 42.1 Å². The summed E-state index contributed by atoms with van der Waals surface area (Å²) in [6.07, 6.45) is 1.32. The van der Waals surface area contributed by atoms with Gasteiger partial charge in [-0.1, -0.05) is 0 Å². The van der Waals surface area contributed by atoms with Crippen LogP contribution in [0.25, 0.3) is 0 Å². The van der Waals surface area contributed by atoms with Gasteiger partial charge in [-0.2, -0.15) is 16.6 Å². The number of likely N-dealkylation sites (tertiary alicyclic amines) is 1. The van der Waals surface area contributed by atoms with Crippen molar-refractivity contribution in [2.45, 2.75) is 12.8 Å². The standard InChI is InChI=1S/C19H17N3O2S/c20-10-14-1-3-16(4-2-14)22-13-19(9-17(22)23)6-7-21(12-19)18(24)15-5-8-25-11-15/h1-5,8,11H,6-7,9,12-13H2/t19-/m1/s1. The first-order valence-electron chi connectivity index (χ1n) is 8.22. The Bertz CT molecular complexity index is 854. The predicted molar refractivity (Wildman–Crippen MR) is 95.4 cm³/mol. The Labute approximate surface area is 150 Å². The minimum Gasteiger partial charge on any atom is -0.338 e. The van der Waals surface area contributed by atoms with E-state index >= 15 is 0 Å². The Morgan fingerprint density at radius 2 is 2.00 bits per heavy atom. The molecule has 1 atom stereocenters. The third-order valence-electron chi connectivity index (χ3n) is 5.12. The van der Waals surface area contributed by atoms with E-state index in [0.717, 1.165) is 17.7 Å². The number of rotatable bonds is 2. The van der Waals surface area contributed by atoms with Crippen molar-refractivity contribution in [1.29, 1.82) is 5.26 Å². The highest BCUT2D eigenvalue weighted by atomic mass is 32.1. The van der Waals surface area contributed by atoms with Crippen LogP contribution in [-0.2, 0) is 4.79 Å². The van der Waals surface area contributed by atoms with Gasteiger partial charge < -0.3 is 9.80 Å². The van der Waals surface area contributed by atoms with E-state index in [1.165, 1.54) is 11.3 Å². The van der Waals surface area contributed by atoms with E-state index in [-0.39, 0.29) is 17.2 Å². The van der Waals surface area contributed by atoms with Gasteiger partial charge in [0.2, 0.25) is 5.91 Å². The molecule has 0 radical (unpaired) electrons. The number of hydrogen-bond donors (Lipinski definition) is 0. The van der Waals surface area contributed by atoms with Crippen LogP contribution >= 0.6 is 11.3 Å². The molecule has 2 saturated heterocycles. The SMILES string of the molecule is N#Cc1ccc(N2C[C@]3(CCN(C(=O)c4ccsc4)C3)CC2=O)cc1. The van der Waals surface area contributed by atoms with Crippen molar-refractivity contribution in [1.82, 2.24) is 4.90 Å². The Balaban J connectivity index is 1.50. The van der Waals surface area contributed by atoms with Gasteiger partial charge in [-0.3, -0.25) is 9.59 Å². The maximum absolute atomic E-state index is 12.6. The summed E-state index contributed by atoms with van der Waals surface area (Å²) < 4.78 is 0. The first-order valence-corrected chi connectivity index (χ1v) is 9.17. The van der Waals surface area contributed by atoms with Gasteiger partial charge in [0.15, 0.2) is 0 Å². The van der Waals surface area contributed by atoms with Crippen molar-refractivity contribution in [3.05, 3.63) is 52.2 Å². The minimum absolute atomic E-state index is 0.0578. The Morgan fingerprint density at radius 3 is 2.68 bits per heavy atom. The zero-order chi connectivity index (χ0) is 17.4. The van der Waals surface area contributed by atoms with Crippen molar-refractivity contribution in [2.75, 3.05) is 24.5 Å². The number of carbonyl (C=O) groups is 2. The monoisotopic (exact) mass is 351 g/mol. The van der Waals surface area contributed by atoms with E-state index in [2.05, 4.69) is 6.07 Å². The number of nitrogens with zero attached hydrogens (tertiary/aromatic N) is 3. The summed E-state index contributed by atoms with van der Waals surface area (Å²) in [5, 5.41) is 12.7. The minimum atomic E-state index is -0.156. The summed E-state index contributed by atoms with van der Waals surface area (Å²) >= 11 is 1.52. The van der Waals surface area contributed by atoms with Crippen molar-refractivity contribution >= 4 is 28.8 Å². The summed E-state index contributed by atoms with van der Waals surface area (Å²) in [4.78, 5) is 28.8. The van der Waals surface area contributed by atoms with Gasteiger partial charge in [0.05, 0.1) is 17.2 Å². The molecule has 3 heterocycles. The topological polar surface area (TPSA) is 64.4 Å². The molecule has 4 rings (SSSR count). The summed E-state index contributed by atoms with van der Waals surface area (Å²) in [6, 6.07) is 11.0. The van der Waals surface area contributed by atoms with E-state index in [4.69, 9.17) is 5.26 Å². The van der Waals surface area contributed by atoms with E-state index in [9.17, 15) is 9.59 Å². The molecule has 2 amide bonds. The van der Waals surface area contributed by atoms with Crippen LogP contribution in [-0.4, -0.2) is 36.3 Å². The zero-order valence-electron chi connectivity index (χ0n) is 13.6. The van der Waals surface area contributed by atoms with Gasteiger partial charge in [-0.25, -0.2) is 0 Å².